The molecule has 1 rings (SSSR count). The van der Waals surface area contributed by atoms with Gasteiger partial charge in [0.05, 0.1) is 0 Å². The standard InChI is InChI=1S/C7H10BF3NO3S/c1-5(8(9,10)11)4-12-6(13)7(2,3)16(12,14)15/h1,4H2,2-3H3/q-1. The van der Waals surface area contributed by atoms with E-state index in [1.807, 2.05) is 0 Å². The van der Waals surface area contributed by atoms with Gasteiger partial charge in [-0.3, -0.25) is 4.79 Å². The maximum atomic E-state index is 12.2. The van der Waals surface area contributed by atoms with Crippen molar-refractivity contribution in [2.45, 2.75) is 18.6 Å². The first kappa shape index (κ1) is 13.1. The molecule has 1 amide bonds. The summed E-state index contributed by atoms with van der Waals surface area (Å²) >= 11 is 0. The van der Waals surface area contributed by atoms with Crippen LogP contribution in [0.15, 0.2) is 12.1 Å². The van der Waals surface area contributed by atoms with Gasteiger partial charge in [-0.05, 0) is 13.8 Å². The molecular formula is C7H10BF3NO3S-. The molecule has 0 saturated carbocycles. The Hall–Kier alpha value is -0.985. The molecule has 0 aromatic heterocycles. The molecular weight excluding hydrogens is 246 g/mol. The minimum absolute atomic E-state index is 0.213. The molecule has 0 aromatic rings. The summed E-state index contributed by atoms with van der Waals surface area (Å²) in [5, 5.41) is 0. The van der Waals surface area contributed by atoms with Crippen LogP contribution in [0.4, 0.5) is 12.9 Å². The Labute approximate surface area is 91.2 Å². The SMILES string of the molecule is C=C(CN1C(=O)C(C)(C)S1(=O)=O)[B-](F)(F)F. The molecule has 16 heavy (non-hydrogen) atoms. The second kappa shape index (κ2) is 3.25. The number of amides is 1. The van der Waals surface area contributed by atoms with Crippen LogP contribution >= 0.6 is 0 Å². The van der Waals surface area contributed by atoms with E-state index in [0.29, 0.717) is 0 Å². The van der Waals surface area contributed by atoms with Crippen LogP contribution in [0.1, 0.15) is 13.8 Å². The van der Waals surface area contributed by atoms with Crippen molar-refractivity contribution in [3.05, 3.63) is 12.1 Å². The van der Waals surface area contributed by atoms with Crippen molar-refractivity contribution in [1.29, 1.82) is 0 Å². The summed E-state index contributed by atoms with van der Waals surface area (Å²) in [5.41, 5.74) is -1.20. The molecule has 0 aliphatic carbocycles. The number of carbonyl (C=O) groups is 1. The van der Waals surface area contributed by atoms with Crippen LogP contribution in [0.2, 0.25) is 0 Å². The van der Waals surface area contributed by atoms with Crippen molar-refractivity contribution >= 4 is 22.9 Å². The Balaban J connectivity index is 2.89. The first-order valence-corrected chi connectivity index (χ1v) is 5.80. The molecule has 0 bridgehead atoms. The van der Waals surface area contributed by atoms with Crippen molar-refractivity contribution in [3.8, 4) is 0 Å². The lowest BCUT2D eigenvalue weighted by Gasteiger charge is -2.44. The van der Waals surface area contributed by atoms with Crippen LogP contribution in [-0.2, 0) is 14.8 Å². The Morgan fingerprint density at radius 3 is 2.19 bits per heavy atom. The fourth-order valence-corrected chi connectivity index (χ4v) is 2.73. The van der Waals surface area contributed by atoms with Gasteiger partial charge in [0.15, 0.2) is 4.75 Å². The summed E-state index contributed by atoms with van der Waals surface area (Å²) in [6, 6.07) is 0. The molecule has 1 fully saturated rings. The molecule has 1 heterocycles. The maximum Gasteiger partial charge on any atom is 0.506 e. The van der Waals surface area contributed by atoms with Gasteiger partial charge >= 0.3 is 6.98 Å². The van der Waals surface area contributed by atoms with Gasteiger partial charge < -0.3 is 12.9 Å². The van der Waals surface area contributed by atoms with Crippen LogP contribution in [0, 0.1) is 0 Å². The minimum atomic E-state index is -5.33. The minimum Gasteiger partial charge on any atom is -0.445 e. The number of hydrogen-bond donors (Lipinski definition) is 0. The smallest absolute Gasteiger partial charge is 0.445 e. The predicted octanol–water partition coefficient (Wildman–Crippen LogP) is 0.880. The number of carbonyl (C=O) groups excluding carboxylic acids is 1. The van der Waals surface area contributed by atoms with E-state index in [0.717, 1.165) is 13.8 Å². The zero-order valence-corrected chi connectivity index (χ0v) is 9.52. The Kier molecular flexibility index (Phi) is 2.66. The molecule has 9 heteroatoms. The van der Waals surface area contributed by atoms with Crippen molar-refractivity contribution < 1.29 is 26.2 Å². The van der Waals surface area contributed by atoms with Crippen LogP contribution in [0.5, 0.6) is 0 Å². The van der Waals surface area contributed by atoms with Gasteiger partial charge in [0.2, 0.25) is 0 Å². The van der Waals surface area contributed by atoms with Crippen molar-refractivity contribution in [2.75, 3.05) is 6.54 Å². The number of halogens is 3. The second-order valence-electron chi connectivity index (χ2n) is 4.06. The third-order valence-corrected chi connectivity index (χ3v) is 4.83. The average molecular weight is 256 g/mol. The van der Waals surface area contributed by atoms with E-state index < -0.39 is 39.7 Å². The zero-order valence-electron chi connectivity index (χ0n) is 8.71. The lowest BCUT2D eigenvalue weighted by atomic mass is 9.80. The molecule has 0 atom stereocenters. The molecule has 1 aliphatic rings. The summed E-state index contributed by atoms with van der Waals surface area (Å²) in [7, 11) is -3.97. The third kappa shape index (κ3) is 1.62. The third-order valence-electron chi connectivity index (χ3n) is 2.49. The number of hydrogen-bond acceptors (Lipinski definition) is 3. The van der Waals surface area contributed by atoms with Gasteiger partial charge in [0.1, 0.15) is 0 Å². The second-order valence-corrected chi connectivity index (χ2v) is 6.47. The highest BCUT2D eigenvalue weighted by Crippen LogP contribution is 2.36. The van der Waals surface area contributed by atoms with Crippen molar-refractivity contribution in [3.63, 3.8) is 0 Å². The highest BCUT2D eigenvalue weighted by molar-refractivity contribution is 7.94. The van der Waals surface area contributed by atoms with E-state index in [9.17, 15) is 26.2 Å². The van der Waals surface area contributed by atoms with Crippen LogP contribution in [0.3, 0.4) is 0 Å². The van der Waals surface area contributed by atoms with E-state index in [2.05, 4.69) is 6.58 Å². The summed E-state index contributed by atoms with van der Waals surface area (Å²) in [6.07, 6.45) is 0. The topological polar surface area (TPSA) is 54.5 Å². The first-order chi connectivity index (χ1) is 6.92. The van der Waals surface area contributed by atoms with Gasteiger partial charge in [-0.2, -0.15) is 0 Å². The molecule has 92 valence electrons. The highest BCUT2D eigenvalue weighted by Gasteiger charge is 2.60. The molecule has 0 aromatic carbocycles. The quantitative estimate of drug-likeness (QED) is 0.704. The molecule has 0 unspecified atom stereocenters. The van der Waals surface area contributed by atoms with Gasteiger partial charge in [-0.1, -0.05) is 0 Å². The maximum absolute atomic E-state index is 12.2. The first-order valence-electron chi connectivity index (χ1n) is 4.36. The molecule has 1 saturated heterocycles. The molecule has 0 N–H and O–H groups in total. The summed E-state index contributed by atoms with van der Waals surface area (Å²) in [5.74, 6) is -0.839. The van der Waals surface area contributed by atoms with Crippen molar-refractivity contribution in [2.24, 2.45) is 0 Å². The van der Waals surface area contributed by atoms with E-state index in [1.165, 1.54) is 0 Å². The normalized spacial score (nSPS) is 22.8. The number of sulfonamides is 1. The van der Waals surface area contributed by atoms with E-state index >= 15 is 0 Å². The van der Waals surface area contributed by atoms with Gasteiger partial charge in [0.25, 0.3) is 15.9 Å². The van der Waals surface area contributed by atoms with Gasteiger partial charge in [-0.15, -0.1) is 12.1 Å². The lowest BCUT2D eigenvalue weighted by molar-refractivity contribution is -0.131. The average Bonchev–Trinajstić information content (AvgIpc) is 2.10. The fourth-order valence-electron chi connectivity index (χ4n) is 1.20. The van der Waals surface area contributed by atoms with Crippen LogP contribution < -0.4 is 0 Å². The summed E-state index contributed by atoms with van der Waals surface area (Å²) in [6.45, 7) is -1.28. The fraction of sp³-hybridized carbons (Fsp3) is 0.571. The Bertz CT molecular complexity index is 454. The molecule has 0 spiro atoms. The Morgan fingerprint density at radius 2 is 1.88 bits per heavy atom. The molecule has 1 aliphatic heterocycles. The molecule has 4 nitrogen and oxygen atoms in total. The van der Waals surface area contributed by atoms with Crippen LogP contribution in [0.25, 0.3) is 0 Å². The Morgan fingerprint density at radius 1 is 1.44 bits per heavy atom. The lowest BCUT2D eigenvalue weighted by Crippen LogP contribution is -2.67. The highest BCUT2D eigenvalue weighted by atomic mass is 32.2. The number of nitrogens with zero attached hydrogens (tertiary/aromatic N) is 1. The number of rotatable bonds is 3. The predicted molar refractivity (Wildman–Crippen MR) is 52.9 cm³/mol. The van der Waals surface area contributed by atoms with Crippen LogP contribution in [-0.4, -0.2) is 36.9 Å². The van der Waals surface area contributed by atoms with E-state index in [1.54, 1.807) is 0 Å². The summed E-state index contributed by atoms with van der Waals surface area (Å²) < 4.78 is 58.0. The monoisotopic (exact) mass is 256 g/mol. The summed E-state index contributed by atoms with van der Waals surface area (Å²) in [4.78, 5) is 11.3. The van der Waals surface area contributed by atoms with Gasteiger partial charge in [0, 0.05) is 6.54 Å². The van der Waals surface area contributed by atoms with Gasteiger partial charge in [-0.25, -0.2) is 12.7 Å². The largest absolute Gasteiger partial charge is 0.506 e. The zero-order chi connectivity index (χ0) is 12.9. The van der Waals surface area contributed by atoms with Crippen molar-refractivity contribution in [1.82, 2.24) is 4.31 Å². The van der Waals surface area contributed by atoms with E-state index in [-0.39, 0.29) is 4.31 Å². The van der Waals surface area contributed by atoms with E-state index in [4.69, 9.17) is 0 Å². The molecule has 0 radical (unpaired) electrons.